The molecule has 0 saturated carbocycles. The van der Waals surface area contributed by atoms with Gasteiger partial charge in [-0.25, -0.2) is 0 Å². The van der Waals surface area contributed by atoms with E-state index in [2.05, 4.69) is 0 Å². The van der Waals surface area contributed by atoms with Crippen LogP contribution in [0.5, 0.6) is 0 Å². The molecule has 0 aromatic heterocycles. The van der Waals surface area contributed by atoms with Gasteiger partial charge in [-0.3, -0.25) is 4.79 Å². The summed E-state index contributed by atoms with van der Waals surface area (Å²) < 4.78 is 10.6. The van der Waals surface area contributed by atoms with E-state index >= 15 is 0 Å². The van der Waals surface area contributed by atoms with Gasteiger partial charge in [0.1, 0.15) is 0 Å². The monoisotopic (exact) mass is 217 g/mol. The molecule has 2 atom stereocenters. The standard InChI is InChI=1S/C10H19O3.Al.3H/c1-5-8(3)12-10(7-11)13-9(4)6-2;;;;/h8-10H,5-6H2,1-4H3;;;;. The molecule has 0 aromatic rings. The quantitative estimate of drug-likeness (QED) is 0.469. The molecular weight excluding hydrogens is 195 g/mol. The van der Waals surface area contributed by atoms with Crippen molar-refractivity contribution in [2.24, 2.45) is 0 Å². The minimum atomic E-state index is -0.829. The van der Waals surface area contributed by atoms with Crippen LogP contribution >= 0.6 is 0 Å². The summed E-state index contributed by atoms with van der Waals surface area (Å²) >= 11 is 0. The van der Waals surface area contributed by atoms with Crippen molar-refractivity contribution < 1.29 is 14.3 Å². The van der Waals surface area contributed by atoms with Gasteiger partial charge in [0.2, 0.25) is 6.29 Å². The van der Waals surface area contributed by atoms with Gasteiger partial charge in [-0.05, 0) is 26.7 Å². The average molecular weight is 217 g/mol. The van der Waals surface area contributed by atoms with Crippen molar-refractivity contribution >= 4 is 23.6 Å². The fourth-order valence-corrected chi connectivity index (χ4v) is 0.702. The molecule has 0 amide bonds. The Morgan fingerprint density at radius 3 is 1.64 bits per heavy atom. The van der Waals surface area contributed by atoms with Gasteiger partial charge in [0.15, 0.2) is 17.4 Å². The first-order valence-corrected chi connectivity index (χ1v) is 4.82. The molecular formula is C10H22AlO3. The van der Waals surface area contributed by atoms with Crippen molar-refractivity contribution in [1.82, 2.24) is 0 Å². The van der Waals surface area contributed by atoms with E-state index in [9.17, 15) is 4.79 Å². The zero-order chi connectivity index (χ0) is 10.3. The Morgan fingerprint density at radius 1 is 1.07 bits per heavy atom. The maximum absolute atomic E-state index is 10.4. The topological polar surface area (TPSA) is 35.5 Å². The minimum Gasteiger partial charge on any atom is -0.343 e. The Hall–Kier alpha value is 0.122. The lowest BCUT2D eigenvalue weighted by molar-refractivity contribution is -0.149. The fraction of sp³-hybridized carbons (Fsp3) is 0.900. The fourth-order valence-electron chi connectivity index (χ4n) is 0.702. The highest BCUT2D eigenvalue weighted by Crippen LogP contribution is 2.06. The van der Waals surface area contributed by atoms with E-state index in [1.165, 1.54) is 0 Å². The van der Waals surface area contributed by atoms with Gasteiger partial charge in [-0.15, -0.1) is 0 Å². The van der Waals surface area contributed by atoms with Crippen molar-refractivity contribution in [3.05, 3.63) is 0 Å². The molecule has 83 valence electrons. The molecule has 0 aromatic carbocycles. The van der Waals surface area contributed by atoms with Crippen LogP contribution in [-0.4, -0.2) is 42.1 Å². The van der Waals surface area contributed by atoms with E-state index in [0.29, 0.717) is 0 Å². The normalized spacial score (nSPS) is 16.6. The Kier molecular flexibility index (Phi) is 11.4. The lowest BCUT2D eigenvalue weighted by Gasteiger charge is -2.19. The molecule has 0 spiro atoms. The lowest BCUT2D eigenvalue weighted by Crippen LogP contribution is -2.27. The Labute approximate surface area is 97.3 Å². The molecule has 0 fully saturated rings. The molecule has 1 radical (unpaired) electrons. The Bertz CT molecular complexity index is 129. The Balaban J connectivity index is 0. The third-order valence-electron chi connectivity index (χ3n) is 1.96. The van der Waals surface area contributed by atoms with Crippen molar-refractivity contribution in [3.8, 4) is 0 Å². The van der Waals surface area contributed by atoms with Crippen LogP contribution < -0.4 is 0 Å². The van der Waals surface area contributed by atoms with Crippen LogP contribution in [0.15, 0.2) is 0 Å². The van der Waals surface area contributed by atoms with Gasteiger partial charge in [0.25, 0.3) is 6.29 Å². The molecule has 0 heterocycles. The van der Waals surface area contributed by atoms with E-state index in [4.69, 9.17) is 9.47 Å². The van der Waals surface area contributed by atoms with Crippen molar-refractivity contribution in [3.63, 3.8) is 0 Å². The highest BCUT2D eigenvalue weighted by molar-refractivity contribution is 5.75. The van der Waals surface area contributed by atoms with Crippen molar-refractivity contribution in [2.45, 2.75) is 59.0 Å². The van der Waals surface area contributed by atoms with Gasteiger partial charge in [0.05, 0.1) is 12.2 Å². The Morgan fingerprint density at radius 2 is 1.43 bits per heavy atom. The van der Waals surface area contributed by atoms with E-state index in [1.807, 2.05) is 27.7 Å². The highest BCUT2D eigenvalue weighted by atomic mass is 27.0. The third kappa shape index (κ3) is 7.52. The number of hydrogen-bond acceptors (Lipinski definition) is 3. The predicted molar refractivity (Wildman–Crippen MR) is 61.1 cm³/mol. The van der Waals surface area contributed by atoms with E-state index in [0.717, 1.165) is 12.8 Å². The summed E-state index contributed by atoms with van der Waals surface area (Å²) in [6, 6.07) is 0. The average Bonchev–Trinajstić information content (AvgIpc) is 2.16. The van der Waals surface area contributed by atoms with Crippen LogP contribution in [0.25, 0.3) is 0 Å². The van der Waals surface area contributed by atoms with Gasteiger partial charge >= 0.3 is 0 Å². The summed E-state index contributed by atoms with van der Waals surface area (Å²) in [5, 5.41) is 0. The van der Waals surface area contributed by atoms with Crippen LogP contribution in [0.1, 0.15) is 40.5 Å². The second-order valence-corrected chi connectivity index (χ2v) is 3.16. The zero-order valence-corrected chi connectivity index (χ0v) is 8.87. The van der Waals surface area contributed by atoms with E-state index in [-0.39, 0.29) is 29.6 Å². The molecule has 0 N–H and O–H groups in total. The van der Waals surface area contributed by atoms with Gasteiger partial charge in [-0.2, -0.15) is 0 Å². The molecule has 4 heteroatoms. The van der Waals surface area contributed by atoms with Crippen molar-refractivity contribution in [1.29, 1.82) is 0 Å². The summed E-state index contributed by atoms with van der Waals surface area (Å²) in [5.74, 6) is 0. The molecule has 14 heavy (non-hydrogen) atoms. The summed E-state index contributed by atoms with van der Waals surface area (Å²) in [5.41, 5.74) is 0. The van der Waals surface area contributed by atoms with E-state index < -0.39 is 6.29 Å². The third-order valence-corrected chi connectivity index (χ3v) is 1.96. The number of rotatable bonds is 7. The first-order chi connectivity index (χ1) is 6.13. The van der Waals surface area contributed by atoms with Gasteiger partial charge in [0, 0.05) is 0 Å². The van der Waals surface area contributed by atoms with Crippen molar-refractivity contribution in [2.75, 3.05) is 0 Å². The molecule has 0 rings (SSSR count). The zero-order valence-electron chi connectivity index (χ0n) is 8.87. The van der Waals surface area contributed by atoms with Crippen LogP contribution in [0.2, 0.25) is 0 Å². The van der Waals surface area contributed by atoms with Gasteiger partial charge < -0.3 is 9.47 Å². The predicted octanol–water partition coefficient (Wildman–Crippen LogP) is 0.868. The second kappa shape index (κ2) is 9.67. The highest BCUT2D eigenvalue weighted by Gasteiger charge is 2.15. The summed E-state index contributed by atoms with van der Waals surface area (Å²) in [7, 11) is 0. The number of ether oxygens (including phenoxy) is 2. The summed E-state index contributed by atoms with van der Waals surface area (Å²) in [4.78, 5) is 10.4. The first-order valence-electron chi connectivity index (χ1n) is 4.82. The number of hydrogen-bond donors (Lipinski definition) is 0. The molecule has 0 saturated heterocycles. The molecule has 0 aliphatic heterocycles. The second-order valence-electron chi connectivity index (χ2n) is 3.16. The van der Waals surface area contributed by atoms with Crippen LogP contribution in [0.3, 0.4) is 0 Å². The SMILES string of the molecule is CCC(C)OC([C]=O)OC(C)CC.[AlH3]. The maximum atomic E-state index is 10.4. The minimum absolute atomic E-state index is 0. The largest absolute Gasteiger partial charge is 0.343 e. The molecule has 0 bridgehead atoms. The van der Waals surface area contributed by atoms with Crippen LogP contribution in [0.4, 0.5) is 0 Å². The van der Waals surface area contributed by atoms with Crippen LogP contribution in [-0.2, 0) is 14.3 Å². The lowest BCUT2D eigenvalue weighted by atomic mass is 10.3. The van der Waals surface area contributed by atoms with Gasteiger partial charge in [-0.1, -0.05) is 13.8 Å². The summed E-state index contributed by atoms with van der Waals surface area (Å²) in [6.45, 7) is 7.81. The first kappa shape index (κ1) is 16.5. The maximum Gasteiger partial charge on any atom is 0.259 e. The van der Waals surface area contributed by atoms with Crippen LogP contribution in [0, 0.1) is 0 Å². The van der Waals surface area contributed by atoms with E-state index in [1.54, 1.807) is 6.29 Å². The molecule has 3 nitrogen and oxygen atoms in total. The molecule has 2 unspecified atom stereocenters. The summed E-state index contributed by atoms with van der Waals surface area (Å²) in [6.07, 6.45) is 2.71. The number of carbonyl (C=O) groups excluding carboxylic acids is 1. The smallest absolute Gasteiger partial charge is 0.259 e. The molecule has 0 aliphatic rings. The molecule has 0 aliphatic carbocycles.